The van der Waals surface area contributed by atoms with E-state index in [0.29, 0.717) is 6.61 Å². The number of hydrazone groups is 1. The van der Waals surface area contributed by atoms with Gasteiger partial charge in [-0.1, -0.05) is 12.1 Å². The van der Waals surface area contributed by atoms with Crippen molar-refractivity contribution < 1.29 is 48.3 Å². The van der Waals surface area contributed by atoms with E-state index < -0.39 is 0 Å². The molecule has 0 atom stereocenters. The molecule has 0 saturated carbocycles. The molecule has 3 aromatic rings. The predicted octanol–water partition coefficient (Wildman–Crippen LogP) is -5.42. The van der Waals surface area contributed by atoms with Gasteiger partial charge in [-0.2, -0.15) is 5.43 Å². The first-order valence-electron chi connectivity index (χ1n) is 9.93. The highest BCUT2D eigenvalue weighted by atomic mass is 79.9. The number of fused-ring (bicyclic) bond motifs is 1. The Bertz CT molecular complexity index is 976. The van der Waals surface area contributed by atoms with Crippen molar-refractivity contribution in [3.8, 4) is 5.75 Å². The van der Waals surface area contributed by atoms with Crippen LogP contribution in [0.25, 0.3) is 11.0 Å². The van der Waals surface area contributed by atoms with Crippen LogP contribution in [0.3, 0.4) is 0 Å². The Morgan fingerprint density at radius 2 is 1.84 bits per heavy atom. The number of nitrogens with one attached hydrogen (secondary N) is 3. The molecule has 0 aliphatic carbocycles. The fourth-order valence-electron chi connectivity index (χ4n) is 3.19. The molecule has 168 valence electrons. The summed E-state index contributed by atoms with van der Waals surface area (Å²) in [5.41, 5.74) is 6.36. The van der Waals surface area contributed by atoms with E-state index >= 15 is 0 Å². The van der Waals surface area contributed by atoms with Crippen molar-refractivity contribution >= 4 is 23.2 Å². The monoisotopic (exact) mass is 552 g/mol. The Balaban J connectivity index is 0.00000240. The molecule has 0 spiro atoms. The topological polar surface area (TPSA) is 68.4 Å². The van der Waals surface area contributed by atoms with Gasteiger partial charge in [-0.25, -0.2) is 9.13 Å². The molecule has 2 aromatic carbocycles. The van der Waals surface area contributed by atoms with Crippen LogP contribution in [-0.2, 0) is 20.7 Å². The highest BCUT2D eigenvalue weighted by Crippen LogP contribution is 2.16. The summed E-state index contributed by atoms with van der Waals surface area (Å²) in [6.45, 7) is 6.23. The van der Waals surface area contributed by atoms with E-state index in [4.69, 9.17) is 4.74 Å². The number of ether oxygens (including phenoxy) is 1. The number of aryl methyl sites for hydroxylation is 2. The maximum absolute atomic E-state index is 6.02. The van der Waals surface area contributed by atoms with Crippen LogP contribution in [0.15, 0.2) is 53.6 Å². The zero-order valence-corrected chi connectivity index (χ0v) is 21.5. The van der Waals surface area contributed by atoms with Crippen LogP contribution < -0.4 is 59.0 Å². The highest BCUT2D eigenvalue weighted by molar-refractivity contribution is 5.82. The van der Waals surface area contributed by atoms with Gasteiger partial charge < -0.3 is 38.7 Å². The van der Waals surface area contributed by atoms with Crippen molar-refractivity contribution in [2.45, 2.75) is 20.5 Å². The van der Waals surface area contributed by atoms with Gasteiger partial charge in [-0.05, 0) is 55.8 Å². The molecule has 0 bridgehead atoms. The summed E-state index contributed by atoms with van der Waals surface area (Å²) in [5, 5.41) is 7.45. The summed E-state index contributed by atoms with van der Waals surface area (Å²) in [5.74, 6) is 2.73. The number of hydrogen-bond acceptors (Lipinski definition) is 2. The predicted molar refractivity (Wildman–Crippen MR) is 116 cm³/mol. The van der Waals surface area contributed by atoms with Crippen molar-refractivity contribution in [3.63, 3.8) is 0 Å². The molecular weight excluding hydrogens is 524 g/mol. The van der Waals surface area contributed by atoms with Gasteiger partial charge in [0.15, 0.2) is 17.6 Å². The molecule has 0 amide bonds. The minimum absolute atomic E-state index is 0. The molecule has 9 heteroatoms. The van der Waals surface area contributed by atoms with E-state index in [0.717, 1.165) is 36.2 Å². The van der Waals surface area contributed by atoms with Gasteiger partial charge >= 0.3 is 5.96 Å². The Labute approximate surface area is 204 Å². The van der Waals surface area contributed by atoms with Crippen LogP contribution in [0.1, 0.15) is 25.2 Å². The third-order valence-electron chi connectivity index (χ3n) is 4.72. The summed E-state index contributed by atoms with van der Waals surface area (Å²) in [7, 11) is 4.14. The molecule has 3 rings (SSSR count). The van der Waals surface area contributed by atoms with E-state index in [1.54, 1.807) is 6.21 Å². The van der Waals surface area contributed by atoms with E-state index in [-0.39, 0.29) is 34.0 Å². The summed E-state index contributed by atoms with van der Waals surface area (Å²) in [4.78, 5) is 3.19. The molecule has 0 radical (unpaired) electrons. The van der Waals surface area contributed by atoms with Gasteiger partial charge in [0.1, 0.15) is 5.75 Å². The number of benzene rings is 2. The Morgan fingerprint density at radius 1 is 1.13 bits per heavy atom. The maximum Gasteiger partial charge on any atom is 0.367 e. The first kappa shape index (κ1) is 26.6. The molecule has 1 heterocycles. The molecule has 0 unspecified atom stereocenters. The minimum atomic E-state index is 0. The zero-order valence-electron chi connectivity index (χ0n) is 18.3. The summed E-state index contributed by atoms with van der Waals surface area (Å²) in [6.07, 6.45) is 1.78. The number of guanidine groups is 1. The largest absolute Gasteiger partial charge is 1.00 e. The Hall–Kier alpha value is -2.39. The van der Waals surface area contributed by atoms with Gasteiger partial charge in [0, 0.05) is 0 Å². The molecule has 7 nitrogen and oxygen atoms in total. The lowest BCUT2D eigenvalue weighted by Crippen LogP contribution is -3.00. The molecule has 0 saturated heterocycles. The standard InChI is InChI=1S/C22H29N6O.2BrH/c1-5-23-22(24-6-2)26-25-15-17-11-13-18(14-12-17)29-16-21-27(3)19-9-7-8-10-20(19)28(21)4;;/h7-15H,5-6,16H2,1-4H3,(H2,23,24,26);2*1H/q+1;;/p-1/b25-15+;;. The quantitative estimate of drug-likeness (QED) is 0.118. The van der Waals surface area contributed by atoms with Gasteiger partial charge in [-0.3, -0.25) is 10.3 Å². The van der Waals surface area contributed by atoms with Gasteiger partial charge in [-0.15, -0.1) is 5.10 Å². The van der Waals surface area contributed by atoms with Crippen LogP contribution in [0.2, 0.25) is 0 Å². The minimum Gasteiger partial charge on any atom is -1.00 e. The normalized spacial score (nSPS) is 11.2. The van der Waals surface area contributed by atoms with Crippen molar-refractivity contribution in [1.82, 2.24) is 15.3 Å². The fraction of sp³-hybridized carbons (Fsp3) is 0.318. The second kappa shape index (κ2) is 13.1. The van der Waals surface area contributed by atoms with Gasteiger partial charge in [0.2, 0.25) is 0 Å². The average molecular weight is 554 g/mol. The number of rotatable bonds is 7. The summed E-state index contributed by atoms with van der Waals surface area (Å²) < 4.78 is 10.4. The van der Waals surface area contributed by atoms with Gasteiger partial charge in [0.25, 0.3) is 5.82 Å². The highest BCUT2D eigenvalue weighted by Gasteiger charge is 2.19. The first-order valence-corrected chi connectivity index (χ1v) is 9.93. The number of para-hydroxylation sites is 2. The average Bonchev–Trinajstić information content (AvgIpc) is 2.98. The molecule has 0 fully saturated rings. The van der Waals surface area contributed by atoms with Crippen LogP contribution in [0.4, 0.5) is 0 Å². The third kappa shape index (κ3) is 6.80. The number of imidazole rings is 1. The lowest BCUT2D eigenvalue weighted by Gasteiger charge is -2.05. The third-order valence-corrected chi connectivity index (χ3v) is 4.72. The van der Waals surface area contributed by atoms with Crippen molar-refractivity contribution in [2.75, 3.05) is 13.1 Å². The van der Waals surface area contributed by atoms with Crippen molar-refractivity contribution in [2.24, 2.45) is 19.2 Å². The molecule has 3 N–H and O–H groups in total. The van der Waals surface area contributed by atoms with Crippen LogP contribution >= 0.6 is 0 Å². The SMILES string of the molecule is CCNC(N/N=C/c1ccc(OCc2n(C)c3ccccc3[n+]2C)cc1)=[NH+]CC.[Br-].[Br-]. The molecule has 31 heavy (non-hydrogen) atoms. The lowest BCUT2D eigenvalue weighted by molar-refractivity contribution is -0.655. The number of aromatic nitrogens is 2. The van der Waals surface area contributed by atoms with E-state index in [2.05, 4.69) is 68.3 Å². The Kier molecular flexibility index (Phi) is 11.3. The smallest absolute Gasteiger partial charge is 0.367 e. The molecule has 1 aromatic heterocycles. The van der Waals surface area contributed by atoms with E-state index in [9.17, 15) is 0 Å². The number of nitrogens with zero attached hydrogens (tertiary/aromatic N) is 3. The van der Waals surface area contributed by atoms with E-state index in [1.165, 1.54) is 11.0 Å². The number of halogens is 2. The summed E-state index contributed by atoms with van der Waals surface area (Å²) >= 11 is 0. The summed E-state index contributed by atoms with van der Waals surface area (Å²) in [6, 6.07) is 16.3. The molecule has 0 aliphatic rings. The fourth-order valence-corrected chi connectivity index (χ4v) is 3.19. The molecular formula is C22H30Br2N6O. The van der Waals surface area contributed by atoms with Gasteiger partial charge in [0.05, 0.1) is 33.4 Å². The second-order valence-electron chi connectivity index (χ2n) is 6.69. The number of hydrogen-bond donors (Lipinski definition) is 3. The second-order valence-corrected chi connectivity index (χ2v) is 6.69. The lowest BCUT2D eigenvalue weighted by atomic mass is 10.2. The van der Waals surface area contributed by atoms with Crippen molar-refractivity contribution in [3.05, 3.63) is 59.9 Å². The van der Waals surface area contributed by atoms with E-state index in [1.807, 2.05) is 38.1 Å². The van der Waals surface area contributed by atoms with Crippen LogP contribution in [-0.4, -0.2) is 29.8 Å². The molecule has 0 aliphatic heterocycles. The zero-order chi connectivity index (χ0) is 20.6. The Morgan fingerprint density at radius 3 is 2.48 bits per heavy atom. The van der Waals surface area contributed by atoms with Crippen molar-refractivity contribution in [1.29, 1.82) is 0 Å². The first-order chi connectivity index (χ1) is 14.1. The maximum atomic E-state index is 6.02. The van der Waals surface area contributed by atoms with Crippen LogP contribution in [0.5, 0.6) is 5.75 Å². The van der Waals surface area contributed by atoms with Crippen LogP contribution in [0, 0.1) is 0 Å².